The average Bonchev–Trinajstić information content (AvgIpc) is 2.66. The van der Waals surface area contributed by atoms with Crippen LogP contribution in [0, 0.1) is 5.41 Å². The maximum absolute atomic E-state index is 10.4. The quantitative estimate of drug-likeness (QED) is 0.492. The summed E-state index contributed by atoms with van der Waals surface area (Å²) in [6, 6.07) is 5.10. The van der Waals surface area contributed by atoms with Crippen molar-refractivity contribution in [3.05, 3.63) is 24.4 Å². The van der Waals surface area contributed by atoms with Crippen LogP contribution in [-0.2, 0) is 0 Å². The highest BCUT2D eigenvalue weighted by atomic mass is 16.4. The highest BCUT2D eigenvalue weighted by molar-refractivity contribution is 5.38. The largest absolute Gasteiger partial charge is 0.390 e. The van der Waals surface area contributed by atoms with Gasteiger partial charge in [-0.3, -0.25) is 0 Å². The van der Waals surface area contributed by atoms with Crippen molar-refractivity contribution in [3.63, 3.8) is 0 Å². The van der Waals surface area contributed by atoms with Gasteiger partial charge in [-0.1, -0.05) is 6.07 Å². The molecule has 110 valence electrons. The SMILES string of the molecule is O[C@@H]1[C@H](O)[C@@H](O)C2(CCNCC2)[C@H]1Nc1ccccn1. The van der Waals surface area contributed by atoms with Crippen LogP contribution in [0.2, 0.25) is 0 Å². The summed E-state index contributed by atoms with van der Waals surface area (Å²) >= 11 is 0. The summed E-state index contributed by atoms with van der Waals surface area (Å²) in [6.07, 6.45) is 0.0748. The molecule has 0 aromatic carbocycles. The highest BCUT2D eigenvalue weighted by Gasteiger charge is 2.59. The molecule has 1 spiro atoms. The second kappa shape index (κ2) is 5.29. The summed E-state index contributed by atoms with van der Waals surface area (Å²) in [5.41, 5.74) is -0.512. The molecule has 1 saturated heterocycles. The van der Waals surface area contributed by atoms with Crippen molar-refractivity contribution in [3.8, 4) is 0 Å². The number of hydrogen-bond acceptors (Lipinski definition) is 6. The van der Waals surface area contributed by atoms with Crippen LogP contribution in [0.25, 0.3) is 0 Å². The predicted molar refractivity (Wildman–Crippen MR) is 74.2 cm³/mol. The van der Waals surface area contributed by atoms with Crippen LogP contribution < -0.4 is 10.6 Å². The molecular weight excluding hydrogens is 258 g/mol. The van der Waals surface area contributed by atoms with Gasteiger partial charge in [0.2, 0.25) is 0 Å². The molecule has 2 aliphatic rings. The standard InChI is InChI=1S/C14H21N3O3/c18-10-11(19)13(20)14(4-7-15-8-5-14)12(10)17-9-3-1-2-6-16-9/h1-3,6,10-13,15,18-20H,4-5,7-8H2,(H,16,17)/t10-,11+,12+,13-/m1/s1. The first kappa shape index (κ1) is 13.8. The highest BCUT2D eigenvalue weighted by Crippen LogP contribution is 2.46. The van der Waals surface area contributed by atoms with Crippen molar-refractivity contribution in [2.45, 2.75) is 37.2 Å². The Labute approximate surface area is 117 Å². The first-order valence-corrected chi connectivity index (χ1v) is 7.08. The van der Waals surface area contributed by atoms with Gasteiger partial charge in [0.05, 0.1) is 12.1 Å². The van der Waals surface area contributed by atoms with E-state index in [1.807, 2.05) is 18.2 Å². The molecule has 2 fully saturated rings. The Bertz CT molecular complexity index is 450. The molecular formula is C14H21N3O3. The van der Waals surface area contributed by atoms with Crippen LogP contribution in [0.15, 0.2) is 24.4 Å². The third kappa shape index (κ3) is 2.09. The molecule has 1 aliphatic carbocycles. The van der Waals surface area contributed by atoms with Crippen LogP contribution >= 0.6 is 0 Å². The topological polar surface area (TPSA) is 97.6 Å². The number of pyridine rings is 1. The van der Waals surface area contributed by atoms with Gasteiger partial charge in [0, 0.05) is 11.6 Å². The molecule has 6 nitrogen and oxygen atoms in total. The Hall–Kier alpha value is -1.21. The lowest BCUT2D eigenvalue weighted by Crippen LogP contribution is -2.51. The third-order valence-corrected chi connectivity index (χ3v) is 4.73. The lowest BCUT2D eigenvalue weighted by Gasteiger charge is -2.42. The molecule has 3 rings (SSSR count). The Morgan fingerprint density at radius 2 is 1.90 bits per heavy atom. The average molecular weight is 279 g/mol. The van der Waals surface area contributed by atoms with Gasteiger partial charge in [0.15, 0.2) is 0 Å². The smallest absolute Gasteiger partial charge is 0.126 e. The fourth-order valence-electron chi connectivity index (χ4n) is 3.58. The summed E-state index contributed by atoms with van der Waals surface area (Å²) < 4.78 is 0. The molecule has 1 aromatic heterocycles. The van der Waals surface area contributed by atoms with Gasteiger partial charge in [0.1, 0.15) is 18.0 Å². The van der Waals surface area contributed by atoms with Crippen LogP contribution in [-0.4, -0.2) is 57.7 Å². The number of aliphatic hydroxyl groups excluding tert-OH is 3. The lowest BCUT2D eigenvalue weighted by molar-refractivity contribution is -0.0515. The summed E-state index contributed by atoms with van der Waals surface area (Å²) in [7, 11) is 0. The van der Waals surface area contributed by atoms with E-state index in [1.165, 1.54) is 0 Å². The normalized spacial score (nSPS) is 36.1. The molecule has 0 bridgehead atoms. The second-order valence-electron chi connectivity index (χ2n) is 5.75. The first-order valence-electron chi connectivity index (χ1n) is 7.08. The molecule has 1 saturated carbocycles. The minimum Gasteiger partial charge on any atom is -0.390 e. The number of rotatable bonds is 2. The molecule has 2 heterocycles. The molecule has 0 radical (unpaired) electrons. The van der Waals surface area contributed by atoms with Crippen molar-refractivity contribution < 1.29 is 15.3 Å². The van der Waals surface area contributed by atoms with Gasteiger partial charge in [-0.25, -0.2) is 4.98 Å². The van der Waals surface area contributed by atoms with Gasteiger partial charge in [-0.05, 0) is 38.1 Å². The Morgan fingerprint density at radius 3 is 2.55 bits per heavy atom. The number of piperidine rings is 1. The molecule has 4 atom stereocenters. The fraction of sp³-hybridized carbons (Fsp3) is 0.643. The van der Waals surface area contributed by atoms with E-state index in [1.54, 1.807) is 6.20 Å². The van der Waals surface area contributed by atoms with Crippen LogP contribution in [0.5, 0.6) is 0 Å². The van der Waals surface area contributed by atoms with Gasteiger partial charge in [-0.15, -0.1) is 0 Å². The van der Waals surface area contributed by atoms with E-state index in [0.717, 1.165) is 13.1 Å². The summed E-state index contributed by atoms with van der Waals surface area (Å²) in [4.78, 5) is 4.20. The molecule has 5 N–H and O–H groups in total. The van der Waals surface area contributed by atoms with Crippen molar-refractivity contribution in [1.29, 1.82) is 0 Å². The van der Waals surface area contributed by atoms with Crippen molar-refractivity contribution in [2.24, 2.45) is 5.41 Å². The molecule has 20 heavy (non-hydrogen) atoms. The number of hydrogen-bond donors (Lipinski definition) is 5. The van der Waals surface area contributed by atoms with Crippen molar-refractivity contribution in [2.75, 3.05) is 18.4 Å². The summed E-state index contributed by atoms with van der Waals surface area (Å²) in [5.74, 6) is 0.649. The van der Waals surface area contributed by atoms with Crippen molar-refractivity contribution in [1.82, 2.24) is 10.3 Å². The zero-order valence-corrected chi connectivity index (χ0v) is 11.2. The lowest BCUT2D eigenvalue weighted by atomic mass is 9.72. The van der Waals surface area contributed by atoms with E-state index in [9.17, 15) is 15.3 Å². The zero-order chi connectivity index (χ0) is 14.2. The van der Waals surface area contributed by atoms with E-state index in [0.29, 0.717) is 18.7 Å². The minimum atomic E-state index is -1.12. The summed E-state index contributed by atoms with van der Waals surface area (Å²) in [5, 5.41) is 37.2. The maximum atomic E-state index is 10.4. The summed E-state index contributed by atoms with van der Waals surface area (Å²) in [6.45, 7) is 1.55. The Morgan fingerprint density at radius 1 is 1.15 bits per heavy atom. The van der Waals surface area contributed by atoms with Gasteiger partial charge >= 0.3 is 0 Å². The first-order chi connectivity index (χ1) is 9.65. The molecule has 6 heteroatoms. The van der Waals surface area contributed by atoms with E-state index >= 15 is 0 Å². The molecule has 1 aromatic rings. The molecule has 0 amide bonds. The Kier molecular flexibility index (Phi) is 3.64. The predicted octanol–water partition coefficient (Wildman–Crippen LogP) is -0.672. The van der Waals surface area contributed by atoms with Gasteiger partial charge < -0.3 is 26.0 Å². The van der Waals surface area contributed by atoms with E-state index in [4.69, 9.17) is 0 Å². The Balaban J connectivity index is 1.89. The number of nitrogens with zero attached hydrogens (tertiary/aromatic N) is 1. The minimum absolute atomic E-state index is 0.399. The van der Waals surface area contributed by atoms with E-state index in [-0.39, 0.29) is 0 Å². The number of aromatic nitrogens is 1. The molecule has 0 unspecified atom stereocenters. The fourth-order valence-corrected chi connectivity index (χ4v) is 3.58. The van der Waals surface area contributed by atoms with Gasteiger partial charge in [0.25, 0.3) is 0 Å². The van der Waals surface area contributed by atoms with Crippen molar-refractivity contribution >= 4 is 5.82 Å². The van der Waals surface area contributed by atoms with Crippen LogP contribution in [0.1, 0.15) is 12.8 Å². The van der Waals surface area contributed by atoms with Crippen LogP contribution in [0.4, 0.5) is 5.82 Å². The number of nitrogens with one attached hydrogen (secondary N) is 2. The van der Waals surface area contributed by atoms with E-state index < -0.39 is 29.8 Å². The molecule has 1 aliphatic heterocycles. The number of anilines is 1. The zero-order valence-electron chi connectivity index (χ0n) is 11.2. The van der Waals surface area contributed by atoms with Gasteiger partial charge in [-0.2, -0.15) is 0 Å². The van der Waals surface area contributed by atoms with Crippen LogP contribution in [0.3, 0.4) is 0 Å². The number of aliphatic hydroxyl groups is 3. The second-order valence-corrected chi connectivity index (χ2v) is 5.75. The third-order valence-electron chi connectivity index (χ3n) is 4.73. The maximum Gasteiger partial charge on any atom is 0.126 e. The monoisotopic (exact) mass is 279 g/mol. The van der Waals surface area contributed by atoms with E-state index in [2.05, 4.69) is 15.6 Å².